The minimum atomic E-state index is -0.217. The van der Waals surface area contributed by atoms with E-state index in [1.165, 1.54) is 11.3 Å². The number of benzene rings is 1. The predicted octanol–water partition coefficient (Wildman–Crippen LogP) is 2.43. The molecule has 0 radical (unpaired) electrons. The molecule has 3 rings (SSSR count). The predicted molar refractivity (Wildman–Crippen MR) is 87.0 cm³/mol. The first-order chi connectivity index (χ1) is 10.7. The Labute approximate surface area is 132 Å². The van der Waals surface area contributed by atoms with Crippen LogP contribution >= 0.6 is 11.3 Å². The van der Waals surface area contributed by atoms with Crippen molar-refractivity contribution in [2.24, 2.45) is 12.0 Å². The van der Waals surface area contributed by atoms with E-state index in [0.29, 0.717) is 23.5 Å². The molecule has 3 aromatic rings. The van der Waals surface area contributed by atoms with E-state index in [2.05, 4.69) is 4.99 Å². The van der Waals surface area contributed by atoms with Crippen molar-refractivity contribution in [1.29, 1.82) is 0 Å². The number of aryl methyl sites for hydroxylation is 1. The minimum Gasteiger partial charge on any atom is -0.383 e. The van der Waals surface area contributed by atoms with Gasteiger partial charge in [0, 0.05) is 49.4 Å². The van der Waals surface area contributed by atoms with Gasteiger partial charge in [-0.1, -0.05) is 18.2 Å². The molecular weight excluding hydrogens is 298 g/mol. The number of carbonyl (C=O) groups excluding carboxylic acids is 1. The van der Waals surface area contributed by atoms with Crippen LogP contribution in [0.25, 0.3) is 10.9 Å². The molecule has 0 spiro atoms. The van der Waals surface area contributed by atoms with Gasteiger partial charge in [-0.05, 0) is 6.07 Å². The zero-order chi connectivity index (χ0) is 15.5. The second kappa shape index (κ2) is 6.29. The molecule has 5 nitrogen and oxygen atoms in total. The lowest BCUT2D eigenvalue weighted by atomic mass is 10.2. The molecule has 114 valence electrons. The first-order valence-electron chi connectivity index (χ1n) is 6.96. The Balaban J connectivity index is 2.07. The van der Waals surface area contributed by atoms with Gasteiger partial charge in [-0.15, -0.1) is 11.3 Å². The summed E-state index contributed by atoms with van der Waals surface area (Å²) in [6.07, 6.45) is 3.75. The Bertz CT molecular complexity index is 873. The van der Waals surface area contributed by atoms with Gasteiger partial charge in [0.05, 0.1) is 12.2 Å². The number of hydrogen-bond donors (Lipinski definition) is 0. The Morgan fingerprint density at radius 2 is 2.18 bits per heavy atom. The second-order valence-corrected chi connectivity index (χ2v) is 5.83. The van der Waals surface area contributed by atoms with Crippen LogP contribution in [0.2, 0.25) is 0 Å². The summed E-state index contributed by atoms with van der Waals surface area (Å²) >= 11 is 1.45. The fourth-order valence-electron chi connectivity index (χ4n) is 2.37. The maximum absolute atomic E-state index is 12.5. The highest BCUT2D eigenvalue weighted by atomic mass is 32.1. The Morgan fingerprint density at radius 1 is 1.36 bits per heavy atom. The summed E-state index contributed by atoms with van der Waals surface area (Å²) in [6.45, 7) is 1.31. The van der Waals surface area contributed by atoms with E-state index in [1.807, 2.05) is 58.2 Å². The molecule has 0 fully saturated rings. The van der Waals surface area contributed by atoms with Gasteiger partial charge in [-0.25, -0.2) is 0 Å². The number of hydrogen-bond acceptors (Lipinski definition) is 3. The standard InChI is InChI=1S/C16H17N3O2S/c1-18-8-10-22-16(18)17-15(20)13-11-19(7-9-21-2)14-6-4-3-5-12(13)14/h3-6,8,10-11H,7,9H2,1-2H3. The van der Waals surface area contributed by atoms with E-state index in [0.717, 1.165) is 10.9 Å². The summed E-state index contributed by atoms with van der Waals surface area (Å²) in [7, 11) is 3.55. The van der Waals surface area contributed by atoms with Crippen LogP contribution in [-0.4, -0.2) is 28.8 Å². The number of ether oxygens (including phenoxy) is 1. The number of para-hydroxylation sites is 1. The van der Waals surface area contributed by atoms with E-state index < -0.39 is 0 Å². The van der Waals surface area contributed by atoms with Gasteiger partial charge in [0.1, 0.15) is 0 Å². The van der Waals surface area contributed by atoms with Gasteiger partial charge < -0.3 is 13.9 Å². The molecule has 0 bridgehead atoms. The number of rotatable bonds is 4. The average Bonchev–Trinajstić information content (AvgIpc) is 3.09. The number of nitrogens with zero attached hydrogens (tertiary/aromatic N) is 3. The van der Waals surface area contributed by atoms with Crippen molar-refractivity contribution in [3.8, 4) is 0 Å². The van der Waals surface area contributed by atoms with Crippen LogP contribution < -0.4 is 4.80 Å². The summed E-state index contributed by atoms with van der Waals surface area (Å²) in [6, 6.07) is 7.87. The number of methoxy groups -OCH3 is 1. The third kappa shape index (κ3) is 2.75. The van der Waals surface area contributed by atoms with Crippen LogP contribution in [0.15, 0.2) is 47.0 Å². The van der Waals surface area contributed by atoms with Crippen LogP contribution in [-0.2, 0) is 18.3 Å². The highest BCUT2D eigenvalue weighted by Crippen LogP contribution is 2.22. The Morgan fingerprint density at radius 3 is 2.91 bits per heavy atom. The maximum Gasteiger partial charge on any atom is 0.281 e. The van der Waals surface area contributed by atoms with Crippen molar-refractivity contribution in [3.63, 3.8) is 0 Å². The molecule has 22 heavy (non-hydrogen) atoms. The van der Waals surface area contributed by atoms with Crippen LogP contribution in [0.5, 0.6) is 0 Å². The zero-order valence-corrected chi connectivity index (χ0v) is 13.3. The number of carbonyl (C=O) groups is 1. The monoisotopic (exact) mass is 315 g/mol. The smallest absolute Gasteiger partial charge is 0.281 e. The van der Waals surface area contributed by atoms with Crippen LogP contribution in [0.3, 0.4) is 0 Å². The molecule has 0 aliphatic heterocycles. The number of thiazole rings is 1. The minimum absolute atomic E-state index is 0.217. The molecule has 6 heteroatoms. The SMILES string of the molecule is COCCn1cc(C(=O)N=c2sccn2C)c2ccccc21. The first-order valence-corrected chi connectivity index (χ1v) is 7.84. The summed E-state index contributed by atoms with van der Waals surface area (Å²) in [5, 5.41) is 2.83. The zero-order valence-electron chi connectivity index (χ0n) is 12.5. The lowest BCUT2D eigenvalue weighted by molar-refractivity contribution is 0.0999. The number of fused-ring (bicyclic) bond motifs is 1. The maximum atomic E-state index is 12.5. The van der Waals surface area contributed by atoms with Crippen LogP contribution in [0.4, 0.5) is 0 Å². The quantitative estimate of drug-likeness (QED) is 0.742. The lowest BCUT2D eigenvalue weighted by Gasteiger charge is -2.03. The normalized spacial score (nSPS) is 12.2. The van der Waals surface area contributed by atoms with Gasteiger partial charge in [0.2, 0.25) is 0 Å². The summed E-state index contributed by atoms with van der Waals surface area (Å²) in [4.78, 5) is 17.5. The van der Waals surface area contributed by atoms with Crippen molar-refractivity contribution in [1.82, 2.24) is 9.13 Å². The van der Waals surface area contributed by atoms with Gasteiger partial charge in [0.25, 0.3) is 5.91 Å². The molecule has 2 aromatic heterocycles. The number of amides is 1. The molecule has 0 saturated heterocycles. The Kier molecular flexibility index (Phi) is 4.22. The molecule has 1 amide bonds. The fourth-order valence-corrected chi connectivity index (χ4v) is 3.10. The third-order valence-corrected chi connectivity index (χ3v) is 4.36. The summed E-state index contributed by atoms with van der Waals surface area (Å²) < 4.78 is 9.01. The number of aromatic nitrogens is 2. The first kappa shape index (κ1) is 14.7. The molecule has 0 aliphatic carbocycles. The molecule has 0 aliphatic rings. The summed E-state index contributed by atoms with van der Waals surface area (Å²) in [5.74, 6) is -0.217. The molecule has 2 heterocycles. The Hall–Kier alpha value is -2.18. The van der Waals surface area contributed by atoms with Crippen molar-refractivity contribution in [2.45, 2.75) is 6.54 Å². The van der Waals surface area contributed by atoms with Gasteiger partial charge in [0.15, 0.2) is 4.80 Å². The largest absolute Gasteiger partial charge is 0.383 e. The van der Waals surface area contributed by atoms with Crippen LogP contribution in [0, 0.1) is 0 Å². The molecule has 1 aromatic carbocycles. The third-order valence-electron chi connectivity index (χ3n) is 3.51. The second-order valence-electron chi connectivity index (χ2n) is 4.96. The fraction of sp³-hybridized carbons (Fsp3) is 0.250. The molecule has 0 atom stereocenters. The molecule has 0 saturated carbocycles. The average molecular weight is 315 g/mol. The lowest BCUT2D eigenvalue weighted by Crippen LogP contribution is -2.12. The van der Waals surface area contributed by atoms with Gasteiger partial charge in [-0.2, -0.15) is 4.99 Å². The van der Waals surface area contributed by atoms with Gasteiger partial charge in [-0.3, -0.25) is 4.79 Å². The topological polar surface area (TPSA) is 48.5 Å². The van der Waals surface area contributed by atoms with Crippen molar-refractivity contribution in [3.05, 3.63) is 52.4 Å². The molecule has 0 N–H and O–H groups in total. The highest BCUT2D eigenvalue weighted by Gasteiger charge is 2.14. The van der Waals surface area contributed by atoms with E-state index >= 15 is 0 Å². The highest BCUT2D eigenvalue weighted by molar-refractivity contribution is 7.07. The summed E-state index contributed by atoms with van der Waals surface area (Å²) in [5.41, 5.74) is 1.65. The van der Waals surface area contributed by atoms with Gasteiger partial charge >= 0.3 is 0 Å². The van der Waals surface area contributed by atoms with Crippen molar-refractivity contribution >= 4 is 28.1 Å². The molecule has 0 unspecified atom stereocenters. The van der Waals surface area contributed by atoms with Crippen molar-refractivity contribution < 1.29 is 9.53 Å². The van der Waals surface area contributed by atoms with E-state index in [9.17, 15) is 4.79 Å². The van der Waals surface area contributed by atoms with Crippen molar-refractivity contribution in [2.75, 3.05) is 13.7 Å². The van der Waals surface area contributed by atoms with E-state index in [-0.39, 0.29) is 5.91 Å². The van der Waals surface area contributed by atoms with E-state index in [4.69, 9.17) is 4.74 Å². The van der Waals surface area contributed by atoms with E-state index in [1.54, 1.807) is 7.11 Å². The molecular formula is C16H17N3O2S. The van der Waals surface area contributed by atoms with Crippen LogP contribution in [0.1, 0.15) is 10.4 Å².